The molecule has 0 fully saturated rings. The van der Waals surface area contributed by atoms with Crippen LogP contribution < -0.4 is 4.74 Å². The van der Waals surface area contributed by atoms with Gasteiger partial charge in [0.1, 0.15) is 5.75 Å². The minimum atomic E-state index is -0.240. The Morgan fingerprint density at radius 3 is 2.78 bits per heavy atom. The van der Waals surface area contributed by atoms with Crippen molar-refractivity contribution in [1.82, 2.24) is 9.97 Å². The number of benzene rings is 2. The van der Waals surface area contributed by atoms with Crippen LogP contribution >= 0.6 is 23.2 Å². The van der Waals surface area contributed by atoms with E-state index in [1.54, 1.807) is 25.3 Å². The lowest BCUT2D eigenvalue weighted by molar-refractivity contribution is 0.103. The van der Waals surface area contributed by atoms with Crippen molar-refractivity contribution in [2.75, 3.05) is 7.11 Å². The third-order valence-electron chi connectivity index (χ3n) is 3.28. The van der Waals surface area contributed by atoms with E-state index in [1.165, 1.54) is 6.08 Å². The average molecular weight is 347 g/mol. The van der Waals surface area contributed by atoms with E-state index in [0.717, 1.165) is 11.3 Å². The number of ketones is 1. The van der Waals surface area contributed by atoms with Gasteiger partial charge in [0.25, 0.3) is 0 Å². The molecular weight excluding hydrogens is 335 g/mol. The first-order chi connectivity index (χ1) is 11.1. The van der Waals surface area contributed by atoms with Gasteiger partial charge >= 0.3 is 0 Å². The van der Waals surface area contributed by atoms with Gasteiger partial charge in [-0.25, -0.2) is 4.98 Å². The number of ether oxygens (including phenoxy) is 1. The number of carbonyl (C=O) groups excluding carboxylic acids is 1. The van der Waals surface area contributed by atoms with Crippen molar-refractivity contribution in [2.24, 2.45) is 0 Å². The molecule has 0 saturated heterocycles. The second-order valence-electron chi connectivity index (χ2n) is 4.84. The molecule has 0 spiro atoms. The summed E-state index contributed by atoms with van der Waals surface area (Å²) in [6.07, 6.45) is 3.16. The first-order valence-electron chi connectivity index (χ1n) is 6.78. The zero-order valence-electron chi connectivity index (χ0n) is 12.1. The third-order valence-corrected chi connectivity index (χ3v) is 4.00. The van der Waals surface area contributed by atoms with Gasteiger partial charge in [0.15, 0.2) is 5.82 Å². The van der Waals surface area contributed by atoms with E-state index >= 15 is 0 Å². The fourth-order valence-corrected chi connectivity index (χ4v) is 2.44. The van der Waals surface area contributed by atoms with Crippen LogP contribution in [0.5, 0.6) is 5.75 Å². The number of imidazole rings is 1. The van der Waals surface area contributed by atoms with Gasteiger partial charge in [0.05, 0.1) is 28.2 Å². The number of allylic oxidation sites excluding steroid dienone is 1. The maximum atomic E-state index is 12.2. The summed E-state index contributed by atoms with van der Waals surface area (Å²) < 4.78 is 5.15. The number of fused-ring (bicyclic) bond motifs is 1. The van der Waals surface area contributed by atoms with Gasteiger partial charge in [-0.05, 0) is 35.9 Å². The summed E-state index contributed by atoms with van der Waals surface area (Å²) in [5, 5.41) is 0.810. The number of aromatic nitrogens is 2. The van der Waals surface area contributed by atoms with Crippen LogP contribution in [-0.4, -0.2) is 22.9 Å². The molecule has 0 atom stereocenters. The lowest BCUT2D eigenvalue weighted by atomic mass is 10.2. The molecule has 1 N–H and O–H groups in total. The summed E-state index contributed by atoms with van der Waals surface area (Å²) in [7, 11) is 1.60. The number of rotatable bonds is 4. The molecule has 1 aromatic heterocycles. The zero-order chi connectivity index (χ0) is 16.4. The number of aromatic amines is 1. The normalized spacial score (nSPS) is 11.3. The Balaban J connectivity index is 1.86. The Kier molecular flexibility index (Phi) is 4.37. The lowest BCUT2D eigenvalue weighted by Crippen LogP contribution is -1.96. The highest BCUT2D eigenvalue weighted by Gasteiger charge is 2.10. The number of hydrogen-bond donors (Lipinski definition) is 1. The number of nitrogens with zero attached hydrogens (tertiary/aromatic N) is 1. The molecule has 2 aromatic carbocycles. The van der Waals surface area contributed by atoms with E-state index in [2.05, 4.69) is 9.97 Å². The molecule has 3 rings (SSSR count). The van der Waals surface area contributed by atoms with Crippen LogP contribution in [-0.2, 0) is 0 Å². The van der Waals surface area contributed by atoms with Crippen LogP contribution in [0.2, 0.25) is 10.0 Å². The van der Waals surface area contributed by atoms with E-state index < -0.39 is 0 Å². The average Bonchev–Trinajstić information content (AvgIpc) is 2.96. The quantitative estimate of drug-likeness (QED) is 0.546. The van der Waals surface area contributed by atoms with Gasteiger partial charge in [0.2, 0.25) is 5.78 Å². The summed E-state index contributed by atoms with van der Waals surface area (Å²) in [5.41, 5.74) is 2.12. The van der Waals surface area contributed by atoms with Crippen LogP contribution in [0.1, 0.15) is 16.2 Å². The van der Waals surface area contributed by atoms with E-state index in [4.69, 9.17) is 27.9 Å². The molecule has 0 amide bonds. The third kappa shape index (κ3) is 3.38. The number of methoxy groups -OCH3 is 1. The molecule has 116 valence electrons. The Morgan fingerprint density at radius 1 is 1.22 bits per heavy atom. The van der Waals surface area contributed by atoms with E-state index in [0.29, 0.717) is 21.1 Å². The van der Waals surface area contributed by atoms with Gasteiger partial charge in [-0.2, -0.15) is 0 Å². The smallest absolute Gasteiger partial charge is 0.221 e. The molecule has 0 aliphatic heterocycles. The molecule has 1 heterocycles. The maximum absolute atomic E-state index is 12.2. The van der Waals surface area contributed by atoms with Crippen molar-refractivity contribution in [3.05, 3.63) is 63.9 Å². The number of hydrogen-bond acceptors (Lipinski definition) is 3. The van der Waals surface area contributed by atoms with Crippen molar-refractivity contribution in [1.29, 1.82) is 0 Å². The topological polar surface area (TPSA) is 55.0 Å². The predicted octanol–water partition coefficient (Wildman–Crippen LogP) is 4.77. The molecule has 4 nitrogen and oxygen atoms in total. The van der Waals surface area contributed by atoms with E-state index in [9.17, 15) is 4.79 Å². The zero-order valence-corrected chi connectivity index (χ0v) is 13.7. The van der Waals surface area contributed by atoms with Crippen molar-refractivity contribution in [2.45, 2.75) is 0 Å². The van der Waals surface area contributed by atoms with E-state index in [-0.39, 0.29) is 11.6 Å². The molecule has 0 radical (unpaired) electrons. The molecule has 0 aliphatic rings. The van der Waals surface area contributed by atoms with E-state index in [1.807, 2.05) is 24.3 Å². The number of carbonyl (C=O) groups is 1. The van der Waals surface area contributed by atoms with Crippen LogP contribution in [0.15, 0.2) is 42.5 Å². The number of H-pyrrole nitrogens is 1. The molecule has 23 heavy (non-hydrogen) atoms. The highest BCUT2D eigenvalue weighted by molar-refractivity contribution is 6.42. The standard InChI is InChI=1S/C17H12Cl2N2O2/c1-23-11-4-2-3-10(7-11)5-6-16(22)17-20-14-8-12(18)13(19)9-15(14)21-17/h2-9H,1H3,(H,20,21)/b6-5+. The highest BCUT2D eigenvalue weighted by Crippen LogP contribution is 2.26. The molecular formula is C17H12Cl2N2O2. The van der Waals surface area contributed by atoms with Crippen molar-refractivity contribution in [3.8, 4) is 5.75 Å². The van der Waals surface area contributed by atoms with Crippen LogP contribution in [0.3, 0.4) is 0 Å². The Labute approximate surface area is 142 Å². The van der Waals surface area contributed by atoms with Crippen LogP contribution in [0, 0.1) is 0 Å². The Morgan fingerprint density at radius 2 is 2.00 bits per heavy atom. The second-order valence-corrected chi connectivity index (χ2v) is 5.66. The largest absolute Gasteiger partial charge is 0.497 e. The summed E-state index contributed by atoms with van der Waals surface area (Å²) in [6, 6.07) is 10.7. The minimum Gasteiger partial charge on any atom is -0.497 e. The van der Waals surface area contributed by atoms with Gasteiger partial charge in [-0.15, -0.1) is 0 Å². The monoisotopic (exact) mass is 346 g/mol. The molecule has 0 unspecified atom stereocenters. The predicted molar refractivity (Wildman–Crippen MR) is 92.5 cm³/mol. The minimum absolute atomic E-state index is 0.234. The SMILES string of the molecule is COc1cccc(/C=C/C(=O)c2nc3cc(Cl)c(Cl)cc3[nH]2)c1. The fraction of sp³-hybridized carbons (Fsp3) is 0.0588. The van der Waals surface area contributed by atoms with Crippen molar-refractivity contribution in [3.63, 3.8) is 0 Å². The van der Waals surface area contributed by atoms with Crippen LogP contribution in [0.25, 0.3) is 17.1 Å². The summed E-state index contributed by atoms with van der Waals surface area (Å²) in [4.78, 5) is 19.4. The molecule has 3 aromatic rings. The maximum Gasteiger partial charge on any atom is 0.221 e. The molecule has 6 heteroatoms. The molecule has 0 bridgehead atoms. The van der Waals surface area contributed by atoms with Gasteiger partial charge in [-0.3, -0.25) is 4.79 Å². The van der Waals surface area contributed by atoms with Crippen molar-refractivity contribution >= 4 is 46.1 Å². The number of nitrogens with one attached hydrogen (secondary N) is 1. The first kappa shape index (κ1) is 15.6. The summed E-state index contributed by atoms with van der Waals surface area (Å²) >= 11 is 11.9. The second kappa shape index (κ2) is 6.44. The summed E-state index contributed by atoms with van der Waals surface area (Å²) in [6.45, 7) is 0. The highest BCUT2D eigenvalue weighted by atomic mass is 35.5. The van der Waals surface area contributed by atoms with Gasteiger partial charge < -0.3 is 9.72 Å². The molecule has 0 saturated carbocycles. The van der Waals surface area contributed by atoms with Crippen molar-refractivity contribution < 1.29 is 9.53 Å². The first-order valence-corrected chi connectivity index (χ1v) is 7.53. The Hall–Kier alpha value is -2.30. The van der Waals surface area contributed by atoms with Crippen LogP contribution in [0.4, 0.5) is 0 Å². The summed E-state index contributed by atoms with van der Waals surface area (Å²) in [5.74, 6) is 0.723. The lowest BCUT2D eigenvalue weighted by Gasteiger charge is -1.99. The van der Waals surface area contributed by atoms with Gasteiger partial charge in [0, 0.05) is 0 Å². The van der Waals surface area contributed by atoms with Gasteiger partial charge in [-0.1, -0.05) is 41.4 Å². The Bertz CT molecular complexity index is 877. The molecule has 0 aliphatic carbocycles. The fourth-order valence-electron chi connectivity index (χ4n) is 2.12. The number of halogens is 2.